The van der Waals surface area contributed by atoms with Gasteiger partial charge in [0.2, 0.25) is 0 Å². The maximum absolute atomic E-state index is 15.7. The molecule has 1 aliphatic heterocycles. The van der Waals surface area contributed by atoms with Gasteiger partial charge in [0.15, 0.2) is 10.9 Å². The number of benzene rings is 1. The number of halogens is 1. The van der Waals surface area contributed by atoms with Crippen molar-refractivity contribution >= 4 is 40.2 Å². The van der Waals surface area contributed by atoms with E-state index in [0.717, 1.165) is 4.21 Å². The number of rotatable bonds is 5. The molecule has 3 rings (SSSR count). The van der Waals surface area contributed by atoms with Gasteiger partial charge in [-0.15, -0.1) is 0 Å². The zero-order valence-corrected chi connectivity index (χ0v) is 21.2. The van der Waals surface area contributed by atoms with E-state index in [4.69, 9.17) is 15.2 Å². The number of aryl methyl sites for hydroxylation is 1. The van der Waals surface area contributed by atoms with Gasteiger partial charge in [-0.3, -0.25) is 4.79 Å². The summed E-state index contributed by atoms with van der Waals surface area (Å²) in [5.41, 5.74) is 5.58. The largest absolute Gasteiger partial charge is 0.496 e. The van der Waals surface area contributed by atoms with E-state index in [-0.39, 0.29) is 17.4 Å². The van der Waals surface area contributed by atoms with Crippen molar-refractivity contribution in [2.75, 3.05) is 33.0 Å². The number of nitrogens with two attached hydrogens (primary N) is 1. The van der Waals surface area contributed by atoms with Crippen LogP contribution in [0.3, 0.4) is 0 Å². The Kier molecular flexibility index (Phi) is 7.42. The zero-order chi connectivity index (χ0) is 24.5. The molecule has 1 atom stereocenters. The van der Waals surface area contributed by atoms with Crippen LogP contribution in [-0.4, -0.2) is 65.7 Å². The summed E-state index contributed by atoms with van der Waals surface area (Å²) in [7, 11) is 3.02. The summed E-state index contributed by atoms with van der Waals surface area (Å²) in [5.74, 6) is -0.995. The van der Waals surface area contributed by atoms with Crippen molar-refractivity contribution in [1.29, 1.82) is 0 Å². The fourth-order valence-corrected chi connectivity index (χ4v) is 5.33. The Labute approximate surface area is 201 Å². The van der Waals surface area contributed by atoms with Crippen molar-refractivity contribution in [3.05, 3.63) is 29.2 Å². The minimum absolute atomic E-state index is 0.138. The molecular formula is C22H29FN4O4S2. The van der Waals surface area contributed by atoms with Crippen LogP contribution in [0, 0.1) is 12.7 Å². The minimum atomic E-state index is -0.650. The molecule has 1 saturated heterocycles. The fraction of sp³-hybridized carbons (Fsp3) is 0.500. The highest BCUT2D eigenvalue weighted by molar-refractivity contribution is 8.01. The number of anilines is 1. The number of amides is 2. The quantitative estimate of drug-likeness (QED) is 0.655. The normalized spacial score (nSPS) is 16.1. The molecule has 1 fully saturated rings. The van der Waals surface area contributed by atoms with E-state index < -0.39 is 23.4 Å². The first-order chi connectivity index (χ1) is 15.4. The van der Waals surface area contributed by atoms with Crippen molar-refractivity contribution < 1.29 is 23.5 Å². The molecule has 180 valence electrons. The van der Waals surface area contributed by atoms with Crippen molar-refractivity contribution in [3.63, 3.8) is 0 Å². The summed E-state index contributed by atoms with van der Waals surface area (Å²) in [6.45, 7) is 7.93. The molecule has 2 N–H and O–H groups in total. The molecule has 0 aliphatic carbocycles. The van der Waals surface area contributed by atoms with Crippen molar-refractivity contribution in [2.24, 2.45) is 0 Å². The summed E-state index contributed by atoms with van der Waals surface area (Å²) >= 11 is 2.42. The molecular weight excluding hydrogens is 467 g/mol. The molecule has 1 unspecified atom stereocenters. The van der Waals surface area contributed by atoms with Gasteiger partial charge in [0.05, 0.1) is 28.5 Å². The lowest BCUT2D eigenvalue weighted by Crippen LogP contribution is -2.41. The first-order valence-corrected chi connectivity index (χ1v) is 12.1. The predicted molar refractivity (Wildman–Crippen MR) is 127 cm³/mol. The monoisotopic (exact) mass is 496 g/mol. The molecule has 0 spiro atoms. The Hall–Kier alpha value is -2.53. The highest BCUT2D eigenvalue weighted by Gasteiger charge is 2.35. The average Bonchev–Trinajstić information content (AvgIpc) is 3.37. The van der Waals surface area contributed by atoms with Gasteiger partial charge in [-0.2, -0.15) is 0 Å². The number of likely N-dealkylation sites (N-methyl/N-ethyl adjacent to an activating group) is 1. The van der Waals surface area contributed by atoms with Gasteiger partial charge < -0.3 is 25.0 Å². The third-order valence-electron chi connectivity index (χ3n) is 5.19. The second kappa shape index (κ2) is 9.76. The van der Waals surface area contributed by atoms with Gasteiger partial charge in [0, 0.05) is 20.1 Å². The lowest BCUT2D eigenvalue weighted by Gasteiger charge is -2.27. The molecule has 1 aliphatic rings. The third kappa shape index (κ3) is 5.70. The van der Waals surface area contributed by atoms with Crippen LogP contribution in [0.2, 0.25) is 0 Å². The molecule has 0 saturated carbocycles. The van der Waals surface area contributed by atoms with E-state index >= 15 is 4.39 Å². The van der Waals surface area contributed by atoms with E-state index in [1.165, 1.54) is 35.1 Å². The SMILES string of the molecule is COc1cc(C)c(Sc2cnc(N)s2)c(F)c1C(=O)N(C)C1CCN(C(=O)OC(C)(C)C)C1. The average molecular weight is 497 g/mol. The first-order valence-electron chi connectivity index (χ1n) is 10.4. The second-order valence-electron chi connectivity index (χ2n) is 8.82. The summed E-state index contributed by atoms with van der Waals surface area (Å²) in [6, 6.07) is 1.38. The fourth-order valence-electron chi connectivity index (χ4n) is 3.53. The number of hydrogen-bond donors (Lipinski definition) is 1. The Morgan fingerprint density at radius 3 is 2.67 bits per heavy atom. The van der Waals surface area contributed by atoms with Crippen LogP contribution in [-0.2, 0) is 4.74 Å². The second-order valence-corrected chi connectivity index (χ2v) is 11.2. The smallest absolute Gasteiger partial charge is 0.410 e. The highest BCUT2D eigenvalue weighted by atomic mass is 32.2. The zero-order valence-electron chi connectivity index (χ0n) is 19.6. The number of ether oxygens (including phenoxy) is 2. The number of hydrogen-bond acceptors (Lipinski definition) is 8. The molecule has 33 heavy (non-hydrogen) atoms. The van der Waals surface area contributed by atoms with Crippen LogP contribution in [0.5, 0.6) is 5.75 Å². The van der Waals surface area contributed by atoms with Gasteiger partial charge in [-0.25, -0.2) is 14.2 Å². The molecule has 8 nitrogen and oxygen atoms in total. The van der Waals surface area contributed by atoms with E-state index in [9.17, 15) is 9.59 Å². The number of carbonyl (C=O) groups is 2. The molecule has 2 aromatic rings. The molecule has 2 amide bonds. The number of aromatic nitrogens is 1. The Morgan fingerprint density at radius 1 is 1.39 bits per heavy atom. The Balaban J connectivity index is 1.83. The third-order valence-corrected chi connectivity index (χ3v) is 7.33. The number of methoxy groups -OCH3 is 1. The molecule has 1 aromatic carbocycles. The number of nitrogen functional groups attached to an aromatic ring is 1. The van der Waals surface area contributed by atoms with Crippen molar-refractivity contribution in [3.8, 4) is 5.75 Å². The summed E-state index contributed by atoms with van der Waals surface area (Å²) in [5, 5.41) is 0.385. The Morgan fingerprint density at radius 2 is 2.09 bits per heavy atom. The lowest BCUT2D eigenvalue weighted by molar-refractivity contribution is 0.0279. The maximum Gasteiger partial charge on any atom is 0.410 e. The van der Waals surface area contributed by atoms with E-state index in [2.05, 4.69) is 4.98 Å². The van der Waals surface area contributed by atoms with Crippen molar-refractivity contribution in [1.82, 2.24) is 14.8 Å². The van der Waals surface area contributed by atoms with Crippen molar-refractivity contribution in [2.45, 2.75) is 54.9 Å². The predicted octanol–water partition coefficient (Wildman–Crippen LogP) is 4.41. The van der Waals surface area contributed by atoms with Crippen LogP contribution < -0.4 is 10.5 Å². The molecule has 0 radical (unpaired) electrons. The standard InChI is InChI=1S/C22H29FN4O4S2/c1-12-9-14(30-6)16(17(23)18(12)32-15-10-25-20(24)33-15)19(28)26(5)13-7-8-27(11-13)21(29)31-22(2,3)4/h9-10,13H,7-8,11H2,1-6H3,(H2,24,25). The van der Waals surface area contributed by atoms with E-state index in [1.807, 2.05) is 0 Å². The number of nitrogens with zero attached hydrogens (tertiary/aromatic N) is 3. The van der Waals surface area contributed by atoms with E-state index in [0.29, 0.717) is 35.1 Å². The number of carbonyl (C=O) groups excluding carboxylic acids is 2. The molecule has 0 bridgehead atoms. The first kappa shape index (κ1) is 25.1. The van der Waals surface area contributed by atoms with Crippen LogP contribution in [0.1, 0.15) is 43.1 Å². The van der Waals surface area contributed by atoms with Crippen LogP contribution >= 0.6 is 23.1 Å². The summed E-state index contributed by atoms with van der Waals surface area (Å²) < 4.78 is 27.2. The molecule has 1 aromatic heterocycles. The maximum atomic E-state index is 15.7. The van der Waals surface area contributed by atoms with Crippen LogP contribution in [0.15, 0.2) is 21.4 Å². The van der Waals surface area contributed by atoms with Gasteiger partial charge in [-0.1, -0.05) is 23.1 Å². The highest BCUT2D eigenvalue weighted by Crippen LogP contribution is 2.40. The van der Waals surface area contributed by atoms with Crippen LogP contribution in [0.25, 0.3) is 0 Å². The van der Waals surface area contributed by atoms with Gasteiger partial charge >= 0.3 is 6.09 Å². The molecule has 2 heterocycles. The topological polar surface area (TPSA) is 98.0 Å². The van der Waals surface area contributed by atoms with Gasteiger partial charge in [0.1, 0.15) is 16.9 Å². The van der Waals surface area contributed by atoms with Gasteiger partial charge in [-0.05, 0) is 45.7 Å². The number of thiazole rings is 1. The molecule has 11 heteroatoms. The summed E-state index contributed by atoms with van der Waals surface area (Å²) in [6.07, 6.45) is 1.72. The minimum Gasteiger partial charge on any atom is -0.496 e. The lowest BCUT2D eigenvalue weighted by atomic mass is 10.1. The van der Waals surface area contributed by atoms with Crippen LogP contribution in [0.4, 0.5) is 14.3 Å². The van der Waals surface area contributed by atoms with E-state index in [1.54, 1.807) is 51.9 Å². The van der Waals surface area contributed by atoms with Gasteiger partial charge in [0.25, 0.3) is 5.91 Å². The number of likely N-dealkylation sites (tertiary alicyclic amines) is 1. The summed E-state index contributed by atoms with van der Waals surface area (Å²) in [4.78, 5) is 33.1. The Bertz CT molecular complexity index is 1050.